The molecule has 0 amide bonds. The van der Waals surface area contributed by atoms with E-state index in [9.17, 15) is 0 Å². The van der Waals surface area contributed by atoms with Gasteiger partial charge in [0.2, 0.25) is 11.8 Å². The zero-order valence-corrected chi connectivity index (χ0v) is 7.16. The summed E-state index contributed by atoms with van der Waals surface area (Å²) in [6, 6.07) is 0. The van der Waals surface area contributed by atoms with Gasteiger partial charge in [-0.25, -0.2) is 10.8 Å². The van der Waals surface area contributed by atoms with Crippen molar-refractivity contribution in [3.8, 4) is 5.88 Å². The van der Waals surface area contributed by atoms with Crippen LogP contribution in [0.3, 0.4) is 0 Å². The van der Waals surface area contributed by atoms with E-state index in [1.54, 1.807) is 6.20 Å². The van der Waals surface area contributed by atoms with Gasteiger partial charge in [0.05, 0.1) is 6.61 Å². The highest BCUT2D eigenvalue weighted by Gasteiger charge is 2.02. The van der Waals surface area contributed by atoms with Crippen LogP contribution in [0.2, 0.25) is 0 Å². The Morgan fingerprint density at radius 2 is 2.42 bits per heavy atom. The molecular weight excluding hydrogens is 156 g/mol. The monoisotopic (exact) mass is 168 g/mol. The second kappa shape index (κ2) is 3.87. The third-order valence-corrected chi connectivity index (χ3v) is 1.34. The lowest BCUT2D eigenvalue weighted by Gasteiger charge is -2.05. The Kier molecular flexibility index (Phi) is 2.82. The molecule has 3 N–H and O–H groups in total. The Balaban J connectivity index is 2.91. The lowest BCUT2D eigenvalue weighted by Crippen LogP contribution is -2.11. The number of ether oxygens (including phenoxy) is 1. The molecule has 5 heteroatoms. The quantitative estimate of drug-likeness (QED) is 0.507. The molecule has 1 heterocycles. The molecule has 0 aliphatic carbocycles. The smallest absolute Gasteiger partial charge is 0.240 e. The minimum absolute atomic E-state index is 0.365. The van der Waals surface area contributed by atoms with Crippen molar-refractivity contribution < 1.29 is 4.74 Å². The molecule has 5 nitrogen and oxygen atoms in total. The van der Waals surface area contributed by atoms with Gasteiger partial charge in [-0.1, -0.05) is 0 Å². The van der Waals surface area contributed by atoms with Gasteiger partial charge >= 0.3 is 0 Å². The number of aryl methyl sites for hydroxylation is 1. The van der Waals surface area contributed by atoms with Gasteiger partial charge in [0.15, 0.2) is 0 Å². The van der Waals surface area contributed by atoms with Crippen molar-refractivity contribution in [1.29, 1.82) is 0 Å². The summed E-state index contributed by atoms with van der Waals surface area (Å²) in [7, 11) is 0. The van der Waals surface area contributed by atoms with Gasteiger partial charge in [-0.15, -0.1) is 0 Å². The number of nitrogen functional groups attached to an aromatic ring is 1. The molecule has 1 aromatic rings. The van der Waals surface area contributed by atoms with Crippen LogP contribution in [0.1, 0.15) is 12.5 Å². The maximum Gasteiger partial charge on any atom is 0.240 e. The van der Waals surface area contributed by atoms with Crippen LogP contribution in [0, 0.1) is 6.92 Å². The van der Waals surface area contributed by atoms with Crippen molar-refractivity contribution in [3.63, 3.8) is 0 Å². The molecule has 0 radical (unpaired) electrons. The number of nitrogens with zero attached hydrogens (tertiary/aromatic N) is 2. The Morgan fingerprint density at radius 1 is 1.67 bits per heavy atom. The average molecular weight is 168 g/mol. The van der Waals surface area contributed by atoms with Crippen molar-refractivity contribution in [2.75, 3.05) is 12.0 Å². The topological polar surface area (TPSA) is 73.1 Å². The SMILES string of the molecule is CCOc1nc(NN)ncc1C. The first-order valence-corrected chi connectivity index (χ1v) is 3.71. The molecule has 0 aromatic carbocycles. The Bertz CT molecular complexity index is 264. The van der Waals surface area contributed by atoms with Crippen LogP contribution in [0.5, 0.6) is 5.88 Å². The van der Waals surface area contributed by atoms with Crippen molar-refractivity contribution in [2.24, 2.45) is 5.84 Å². The van der Waals surface area contributed by atoms with E-state index in [1.165, 1.54) is 0 Å². The van der Waals surface area contributed by atoms with E-state index in [0.29, 0.717) is 18.4 Å². The van der Waals surface area contributed by atoms with Gasteiger partial charge in [0, 0.05) is 11.8 Å². The molecule has 0 unspecified atom stereocenters. The number of hydrogen-bond acceptors (Lipinski definition) is 5. The summed E-state index contributed by atoms with van der Waals surface area (Å²) in [6.07, 6.45) is 1.66. The van der Waals surface area contributed by atoms with E-state index in [2.05, 4.69) is 15.4 Å². The summed E-state index contributed by atoms with van der Waals surface area (Å²) < 4.78 is 5.23. The summed E-state index contributed by atoms with van der Waals surface area (Å²) in [5.74, 6) is 6.07. The molecule has 1 rings (SSSR count). The predicted octanol–water partition coefficient (Wildman–Crippen LogP) is 0.469. The van der Waals surface area contributed by atoms with E-state index in [1.807, 2.05) is 13.8 Å². The molecule has 0 spiro atoms. The molecule has 1 aromatic heterocycles. The van der Waals surface area contributed by atoms with Gasteiger partial charge in [-0.3, -0.25) is 5.43 Å². The summed E-state index contributed by atoms with van der Waals surface area (Å²) >= 11 is 0. The zero-order chi connectivity index (χ0) is 8.97. The Hall–Kier alpha value is -1.36. The van der Waals surface area contributed by atoms with Crippen LogP contribution in [0.15, 0.2) is 6.20 Å². The highest BCUT2D eigenvalue weighted by atomic mass is 16.5. The standard InChI is InChI=1S/C7H12N4O/c1-3-12-6-5(2)4-9-7(10-6)11-8/h4H,3,8H2,1-2H3,(H,9,10,11). The Morgan fingerprint density at radius 3 is 3.00 bits per heavy atom. The molecule has 0 saturated heterocycles. The molecule has 0 aliphatic heterocycles. The molecule has 0 atom stereocenters. The van der Waals surface area contributed by atoms with Gasteiger partial charge < -0.3 is 4.74 Å². The van der Waals surface area contributed by atoms with Crippen LogP contribution in [0.4, 0.5) is 5.95 Å². The van der Waals surface area contributed by atoms with Gasteiger partial charge in [0.1, 0.15) is 0 Å². The molecule has 12 heavy (non-hydrogen) atoms. The predicted molar refractivity (Wildman–Crippen MR) is 45.7 cm³/mol. The maximum atomic E-state index is 5.23. The minimum Gasteiger partial charge on any atom is -0.478 e. The second-order valence-electron chi connectivity index (χ2n) is 2.26. The van der Waals surface area contributed by atoms with Gasteiger partial charge in [-0.2, -0.15) is 4.98 Å². The number of rotatable bonds is 3. The number of nitrogens with two attached hydrogens (primary N) is 1. The van der Waals surface area contributed by atoms with E-state index in [4.69, 9.17) is 10.6 Å². The fourth-order valence-corrected chi connectivity index (χ4v) is 0.779. The van der Waals surface area contributed by atoms with Crippen molar-refractivity contribution in [2.45, 2.75) is 13.8 Å². The summed E-state index contributed by atoms with van der Waals surface area (Å²) in [6.45, 7) is 4.37. The zero-order valence-electron chi connectivity index (χ0n) is 7.16. The molecule has 0 bridgehead atoms. The molecule has 0 saturated carbocycles. The minimum atomic E-state index is 0.365. The van der Waals surface area contributed by atoms with Crippen molar-refractivity contribution in [1.82, 2.24) is 9.97 Å². The molecule has 66 valence electrons. The fraction of sp³-hybridized carbons (Fsp3) is 0.429. The fourth-order valence-electron chi connectivity index (χ4n) is 0.779. The number of hydrogen-bond donors (Lipinski definition) is 2. The Labute approximate surface area is 70.9 Å². The van der Waals surface area contributed by atoms with E-state index in [0.717, 1.165) is 5.56 Å². The molecular formula is C7H12N4O. The summed E-state index contributed by atoms with van der Waals surface area (Å²) in [4.78, 5) is 7.92. The van der Waals surface area contributed by atoms with E-state index >= 15 is 0 Å². The lowest BCUT2D eigenvalue weighted by molar-refractivity contribution is 0.324. The van der Waals surface area contributed by atoms with Crippen LogP contribution in [0.25, 0.3) is 0 Å². The largest absolute Gasteiger partial charge is 0.478 e. The van der Waals surface area contributed by atoms with Crippen LogP contribution in [-0.4, -0.2) is 16.6 Å². The van der Waals surface area contributed by atoms with E-state index in [-0.39, 0.29) is 0 Å². The number of hydrazine groups is 1. The highest BCUT2D eigenvalue weighted by Crippen LogP contribution is 2.13. The average Bonchev–Trinajstić information content (AvgIpc) is 2.09. The van der Waals surface area contributed by atoms with E-state index < -0.39 is 0 Å². The third kappa shape index (κ3) is 1.82. The first-order valence-electron chi connectivity index (χ1n) is 3.71. The van der Waals surface area contributed by atoms with Crippen molar-refractivity contribution in [3.05, 3.63) is 11.8 Å². The number of anilines is 1. The summed E-state index contributed by atoms with van der Waals surface area (Å²) in [5, 5.41) is 0. The van der Waals surface area contributed by atoms with Crippen LogP contribution < -0.4 is 16.0 Å². The molecule has 0 fully saturated rings. The van der Waals surface area contributed by atoms with Crippen LogP contribution >= 0.6 is 0 Å². The summed E-state index contributed by atoms with van der Waals surface area (Å²) in [5.41, 5.74) is 3.25. The second-order valence-corrected chi connectivity index (χ2v) is 2.26. The number of nitrogens with one attached hydrogen (secondary N) is 1. The normalized spacial score (nSPS) is 9.58. The first-order chi connectivity index (χ1) is 5.77. The van der Waals surface area contributed by atoms with Crippen LogP contribution in [-0.2, 0) is 0 Å². The van der Waals surface area contributed by atoms with Gasteiger partial charge in [-0.05, 0) is 13.8 Å². The third-order valence-electron chi connectivity index (χ3n) is 1.34. The lowest BCUT2D eigenvalue weighted by atomic mass is 10.4. The maximum absolute atomic E-state index is 5.23. The first kappa shape index (κ1) is 8.73. The number of aromatic nitrogens is 2. The highest BCUT2D eigenvalue weighted by molar-refractivity contribution is 5.31. The van der Waals surface area contributed by atoms with Gasteiger partial charge in [0.25, 0.3) is 0 Å². The van der Waals surface area contributed by atoms with Crippen molar-refractivity contribution >= 4 is 5.95 Å². The molecule has 0 aliphatic rings.